The lowest BCUT2D eigenvalue weighted by molar-refractivity contribution is -0.137. The second-order valence-corrected chi connectivity index (χ2v) is 10.1. The number of benzene rings is 1. The molecule has 1 atom stereocenters. The molecule has 9 nitrogen and oxygen atoms in total. The molecule has 1 aromatic carbocycles. The van der Waals surface area contributed by atoms with Crippen molar-refractivity contribution < 1.29 is 14.6 Å². The number of nitrogens with one attached hydrogen (secondary N) is 2. The van der Waals surface area contributed by atoms with Gasteiger partial charge in [0.25, 0.3) is 0 Å². The monoisotopic (exact) mass is 538 g/mol. The van der Waals surface area contributed by atoms with Gasteiger partial charge >= 0.3 is 5.97 Å². The molecule has 0 bridgehead atoms. The van der Waals surface area contributed by atoms with Crippen molar-refractivity contribution in [1.29, 1.82) is 0 Å². The number of thioether (sulfide) groups is 1. The minimum absolute atomic E-state index is 0.410. The van der Waals surface area contributed by atoms with Gasteiger partial charge in [-0.1, -0.05) is 11.6 Å². The molecule has 0 aliphatic carbocycles. The number of halogens is 1. The number of imidazole rings is 1. The number of nitrogens with zero attached hydrogens (tertiary/aromatic N) is 4. The predicted octanol–water partition coefficient (Wildman–Crippen LogP) is 4.80. The number of carboxylic acid groups (broad SMARTS) is 1. The van der Waals surface area contributed by atoms with Crippen LogP contribution >= 0.6 is 23.4 Å². The predicted molar refractivity (Wildman–Crippen MR) is 149 cm³/mol. The van der Waals surface area contributed by atoms with Crippen molar-refractivity contribution in [2.75, 3.05) is 48.5 Å². The molecule has 0 amide bonds. The number of hydrogen-bond donors (Lipinski definition) is 3. The van der Waals surface area contributed by atoms with Gasteiger partial charge in [-0.25, -0.2) is 9.78 Å². The number of ether oxygens (including phenoxy) is 1. The van der Waals surface area contributed by atoms with Crippen LogP contribution in [0.5, 0.6) is 0 Å². The van der Waals surface area contributed by atoms with Gasteiger partial charge in [-0.05, 0) is 54.8 Å². The van der Waals surface area contributed by atoms with Gasteiger partial charge in [0.15, 0.2) is 5.82 Å². The van der Waals surface area contributed by atoms with Crippen LogP contribution in [0.3, 0.4) is 0 Å². The topological polar surface area (TPSA) is 116 Å². The number of aromatic nitrogens is 4. The number of aromatic amines is 1. The van der Waals surface area contributed by atoms with Crippen molar-refractivity contribution in [3.8, 4) is 22.8 Å². The van der Waals surface area contributed by atoms with Crippen LogP contribution in [-0.4, -0.2) is 75.4 Å². The average Bonchev–Trinajstić information content (AvgIpc) is 3.35. The van der Waals surface area contributed by atoms with Crippen LogP contribution in [0.1, 0.15) is 6.42 Å². The third kappa shape index (κ3) is 5.82. The van der Waals surface area contributed by atoms with E-state index >= 15 is 0 Å². The molecule has 0 spiro atoms. The molecule has 1 fully saturated rings. The molecule has 1 aliphatic heterocycles. The van der Waals surface area contributed by atoms with Gasteiger partial charge in [0, 0.05) is 30.5 Å². The van der Waals surface area contributed by atoms with Crippen LogP contribution < -0.4 is 10.2 Å². The van der Waals surface area contributed by atoms with E-state index in [1.165, 1.54) is 0 Å². The summed E-state index contributed by atoms with van der Waals surface area (Å²) >= 11 is 8.11. The Morgan fingerprint density at radius 3 is 2.76 bits per heavy atom. The minimum atomic E-state index is -0.906. The summed E-state index contributed by atoms with van der Waals surface area (Å²) in [5.41, 5.74) is 5.57. The zero-order chi connectivity index (χ0) is 25.8. The van der Waals surface area contributed by atoms with Crippen LogP contribution in [0.25, 0.3) is 33.8 Å². The summed E-state index contributed by atoms with van der Waals surface area (Å²) in [5, 5.41) is 12.9. The number of H-pyrrole nitrogens is 1. The highest BCUT2D eigenvalue weighted by Gasteiger charge is 2.18. The first-order valence-corrected chi connectivity index (χ1v) is 13.7. The molecule has 37 heavy (non-hydrogen) atoms. The van der Waals surface area contributed by atoms with Crippen LogP contribution in [-0.2, 0) is 9.53 Å². The number of carboxylic acids is 1. The third-order valence-corrected chi connectivity index (χ3v) is 7.14. The molecule has 1 aliphatic rings. The maximum absolute atomic E-state index is 11.5. The molecule has 192 valence electrons. The Bertz CT molecular complexity index is 1390. The fourth-order valence-electron chi connectivity index (χ4n) is 4.23. The lowest BCUT2D eigenvalue weighted by Crippen LogP contribution is -2.36. The van der Waals surface area contributed by atoms with E-state index in [1.807, 2.05) is 24.5 Å². The number of pyridine rings is 2. The molecular formula is C26H27ClN6O3S. The summed E-state index contributed by atoms with van der Waals surface area (Å²) in [5.74, 6) is 0.516. The lowest BCUT2D eigenvalue weighted by Gasteiger charge is -2.28. The first-order valence-electron chi connectivity index (χ1n) is 11.9. The number of fused-ring (bicyclic) bond motifs is 1. The van der Waals surface area contributed by atoms with Gasteiger partial charge in [0.1, 0.15) is 11.7 Å². The zero-order valence-corrected chi connectivity index (χ0v) is 21.8. The summed E-state index contributed by atoms with van der Waals surface area (Å²) in [6.45, 7) is 3.23. The number of carbonyl (C=O) groups is 1. The van der Waals surface area contributed by atoms with Crippen LogP contribution in [0.2, 0.25) is 5.02 Å². The molecule has 5 rings (SSSR count). The fourth-order valence-corrected chi connectivity index (χ4v) is 4.98. The highest BCUT2D eigenvalue weighted by molar-refractivity contribution is 7.98. The maximum Gasteiger partial charge on any atom is 0.326 e. The molecule has 0 radical (unpaired) electrons. The van der Waals surface area contributed by atoms with Crippen molar-refractivity contribution >= 4 is 51.7 Å². The van der Waals surface area contributed by atoms with Gasteiger partial charge in [0.05, 0.1) is 46.8 Å². The highest BCUT2D eigenvalue weighted by atomic mass is 35.5. The highest BCUT2D eigenvalue weighted by Crippen LogP contribution is 2.30. The largest absolute Gasteiger partial charge is 0.480 e. The molecule has 4 aromatic rings. The quantitative estimate of drug-likeness (QED) is 0.276. The SMILES string of the molecule is CSCC[C@H](Nc1cnc(-c2ccc(-c3nc4ccc(N5CCOCC5)cc4[nH]3)nc2)c(Cl)c1)C(=O)O. The van der Waals surface area contributed by atoms with Crippen molar-refractivity contribution in [2.45, 2.75) is 12.5 Å². The molecule has 1 saturated heterocycles. The first kappa shape index (κ1) is 25.3. The number of rotatable bonds is 9. The van der Waals surface area contributed by atoms with E-state index in [9.17, 15) is 9.90 Å². The third-order valence-electron chi connectivity index (χ3n) is 6.21. The second kappa shape index (κ2) is 11.4. The Morgan fingerprint density at radius 2 is 2.05 bits per heavy atom. The van der Waals surface area contributed by atoms with E-state index in [2.05, 4.69) is 37.3 Å². The Kier molecular flexibility index (Phi) is 7.78. The summed E-state index contributed by atoms with van der Waals surface area (Å²) in [6, 6.07) is 11.0. The molecule has 0 unspecified atom stereocenters. The molecule has 4 heterocycles. The van der Waals surface area contributed by atoms with Gasteiger partial charge in [-0.15, -0.1) is 0 Å². The van der Waals surface area contributed by atoms with Gasteiger partial charge < -0.3 is 25.0 Å². The Morgan fingerprint density at radius 1 is 1.22 bits per heavy atom. The van der Waals surface area contributed by atoms with Crippen molar-refractivity contribution in [1.82, 2.24) is 19.9 Å². The number of morpholine rings is 1. The van der Waals surface area contributed by atoms with E-state index in [4.69, 9.17) is 21.3 Å². The van der Waals surface area contributed by atoms with Gasteiger partial charge in [0.2, 0.25) is 0 Å². The smallest absolute Gasteiger partial charge is 0.326 e. The summed E-state index contributed by atoms with van der Waals surface area (Å²) in [4.78, 5) is 31.0. The van der Waals surface area contributed by atoms with Crippen molar-refractivity contribution in [3.63, 3.8) is 0 Å². The van der Waals surface area contributed by atoms with Crippen LogP contribution in [0.4, 0.5) is 11.4 Å². The van der Waals surface area contributed by atoms with Gasteiger partial charge in [-0.3, -0.25) is 9.97 Å². The number of anilines is 2. The maximum atomic E-state index is 11.5. The van der Waals surface area contributed by atoms with E-state index in [-0.39, 0.29) is 0 Å². The van der Waals surface area contributed by atoms with Crippen LogP contribution in [0.15, 0.2) is 48.8 Å². The van der Waals surface area contributed by atoms with E-state index in [1.54, 1.807) is 30.2 Å². The molecular weight excluding hydrogens is 512 g/mol. The second-order valence-electron chi connectivity index (χ2n) is 8.69. The van der Waals surface area contributed by atoms with E-state index in [0.717, 1.165) is 54.3 Å². The van der Waals surface area contributed by atoms with Crippen molar-refractivity contribution in [2.24, 2.45) is 0 Å². The van der Waals surface area contributed by atoms with E-state index < -0.39 is 12.0 Å². The van der Waals surface area contributed by atoms with E-state index in [0.29, 0.717) is 34.3 Å². The standard InChI is InChI=1S/C26H27ClN6O3S/c1-37-11-6-22(26(34)35)30-17-12-19(27)24(29-15-17)16-2-4-21(28-14-16)25-31-20-5-3-18(13-23(20)32-25)33-7-9-36-10-8-33/h2-5,12-15,22,30H,6-11H2,1H3,(H,31,32)(H,34,35)/t22-/m0/s1. The molecule has 11 heteroatoms. The summed E-state index contributed by atoms with van der Waals surface area (Å²) in [7, 11) is 0. The minimum Gasteiger partial charge on any atom is -0.480 e. The van der Waals surface area contributed by atoms with Gasteiger partial charge in [-0.2, -0.15) is 11.8 Å². The Labute approximate surface area is 223 Å². The van der Waals surface area contributed by atoms with Crippen molar-refractivity contribution in [3.05, 3.63) is 53.8 Å². The normalized spacial score (nSPS) is 14.6. The van der Waals surface area contributed by atoms with Crippen LogP contribution in [0, 0.1) is 0 Å². The summed E-state index contributed by atoms with van der Waals surface area (Å²) in [6.07, 6.45) is 5.75. The number of hydrogen-bond acceptors (Lipinski definition) is 8. The zero-order valence-electron chi connectivity index (χ0n) is 20.3. The summed E-state index contributed by atoms with van der Waals surface area (Å²) < 4.78 is 5.45. The first-order chi connectivity index (χ1) is 18.0. The lowest BCUT2D eigenvalue weighted by atomic mass is 10.1. The average molecular weight is 539 g/mol. The molecule has 0 saturated carbocycles. The number of aliphatic carboxylic acids is 1. The Balaban J connectivity index is 1.32. The Hall–Kier alpha value is -3.34. The fraction of sp³-hybridized carbons (Fsp3) is 0.308. The molecule has 3 aromatic heterocycles. The molecule has 3 N–H and O–H groups in total.